The Morgan fingerprint density at radius 2 is 2.29 bits per heavy atom. The maximum atomic E-state index is 11.5. The summed E-state index contributed by atoms with van der Waals surface area (Å²) in [6, 6.07) is 0. The molecule has 6 heteroatoms. The summed E-state index contributed by atoms with van der Waals surface area (Å²) in [4.78, 5) is 11.9. The number of carbonyl (C=O) groups is 1. The van der Waals surface area contributed by atoms with Crippen molar-refractivity contribution in [2.75, 3.05) is 6.54 Å². The van der Waals surface area contributed by atoms with Crippen LogP contribution in [0, 0.1) is 0 Å². The molecule has 0 aromatic carbocycles. The summed E-state index contributed by atoms with van der Waals surface area (Å²) in [6.45, 7) is 2.71. The molecule has 3 nitrogen and oxygen atoms in total. The van der Waals surface area contributed by atoms with Crippen molar-refractivity contribution in [3.63, 3.8) is 0 Å². The number of carbonyl (C=O) groups excluding carboxylic acids is 1. The standard InChI is InChI=1S/C8H10Cl2N2OS/c1-2-3-4-11-8(13)6-5(9)7(10)12-14-6/h2-4H2,1H3,(H,11,13). The minimum Gasteiger partial charge on any atom is -0.351 e. The van der Waals surface area contributed by atoms with Gasteiger partial charge in [0.05, 0.1) is 0 Å². The first-order valence-electron chi connectivity index (χ1n) is 4.25. The average Bonchev–Trinajstić information content (AvgIpc) is 2.48. The first kappa shape index (κ1) is 11.8. The third-order valence-electron chi connectivity index (χ3n) is 1.62. The molecule has 0 saturated heterocycles. The third-order valence-corrected chi connectivity index (χ3v) is 3.42. The first-order chi connectivity index (χ1) is 6.66. The van der Waals surface area contributed by atoms with Crippen molar-refractivity contribution >= 4 is 40.6 Å². The van der Waals surface area contributed by atoms with Gasteiger partial charge >= 0.3 is 0 Å². The summed E-state index contributed by atoms with van der Waals surface area (Å²) in [5.41, 5.74) is 0. The lowest BCUT2D eigenvalue weighted by Crippen LogP contribution is -2.23. The fraction of sp³-hybridized carbons (Fsp3) is 0.500. The van der Waals surface area contributed by atoms with Gasteiger partial charge in [0.1, 0.15) is 9.90 Å². The summed E-state index contributed by atoms with van der Waals surface area (Å²) in [6.07, 6.45) is 1.99. The normalized spacial score (nSPS) is 10.2. The van der Waals surface area contributed by atoms with E-state index in [2.05, 4.69) is 16.6 Å². The topological polar surface area (TPSA) is 42.0 Å². The lowest BCUT2D eigenvalue weighted by molar-refractivity contribution is 0.0957. The van der Waals surface area contributed by atoms with Crippen LogP contribution in [0.2, 0.25) is 10.2 Å². The fourth-order valence-corrected chi connectivity index (χ4v) is 1.99. The highest BCUT2D eigenvalue weighted by Gasteiger charge is 2.16. The average molecular weight is 253 g/mol. The molecule has 1 aromatic heterocycles. The molecule has 1 amide bonds. The van der Waals surface area contributed by atoms with Crippen molar-refractivity contribution in [1.29, 1.82) is 0 Å². The van der Waals surface area contributed by atoms with Gasteiger partial charge < -0.3 is 5.32 Å². The molecule has 1 heterocycles. The van der Waals surface area contributed by atoms with Crippen LogP contribution >= 0.6 is 34.7 Å². The number of unbranched alkanes of at least 4 members (excludes halogenated alkanes) is 1. The highest BCUT2D eigenvalue weighted by molar-refractivity contribution is 7.09. The first-order valence-corrected chi connectivity index (χ1v) is 5.78. The predicted molar refractivity (Wildman–Crippen MR) is 59.4 cm³/mol. The number of hydrogen-bond acceptors (Lipinski definition) is 3. The van der Waals surface area contributed by atoms with Crippen molar-refractivity contribution < 1.29 is 4.79 Å². The van der Waals surface area contributed by atoms with E-state index in [1.54, 1.807) is 0 Å². The van der Waals surface area contributed by atoms with Gasteiger partial charge in [0.25, 0.3) is 5.91 Å². The molecule has 0 aliphatic rings. The molecule has 0 spiro atoms. The van der Waals surface area contributed by atoms with Crippen LogP contribution in [0.4, 0.5) is 0 Å². The molecule has 1 N–H and O–H groups in total. The molecule has 0 aliphatic carbocycles. The smallest absolute Gasteiger partial charge is 0.264 e. The maximum Gasteiger partial charge on any atom is 0.264 e. The van der Waals surface area contributed by atoms with Crippen LogP contribution in [-0.4, -0.2) is 16.8 Å². The van der Waals surface area contributed by atoms with Gasteiger partial charge in [-0.05, 0) is 18.0 Å². The number of hydrogen-bond donors (Lipinski definition) is 1. The number of nitrogens with zero attached hydrogens (tertiary/aromatic N) is 1. The highest BCUT2D eigenvalue weighted by atomic mass is 35.5. The Morgan fingerprint density at radius 1 is 1.57 bits per heavy atom. The van der Waals surface area contributed by atoms with E-state index in [0.29, 0.717) is 11.4 Å². The van der Waals surface area contributed by atoms with Gasteiger partial charge in [0, 0.05) is 6.54 Å². The monoisotopic (exact) mass is 252 g/mol. The van der Waals surface area contributed by atoms with E-state index in [4.69, 9.17) is 23.2 Å². The van der Waals surface area contributed by atoms with Crippen LogP contribution in [0.1, 0.15) is 29.4 Å². The second-order valence-corrected chi connectivity index (χ2v) is 4.24. The van der Waals surface area contributed by atoms with Crippen LogP contribution in [0.15, 0.2) is 0 Å². The second-order valence-electron chi connectivity index (χ2n) is 2.73. The molecule has 0 radical (unpaired) electrons. The maximum absolute atomic E-state index is 11.5. The molecular weight excluding hydrogens is 243 g/mol. The van der Waals surface area contributed by atoms with E-state index in [0.717, 1.165) is 24.4 Å². The Labute approximate surface area is 96.6 Å². The van der Waals surface area contributed by atoms with Gasteiger partial charge in [-0.2, -0.15) is 4.37 Å². The van der Waals surface area contributed by atoms with Crippen LogP contribution in [0.25, 0.3) is 0 Å². The van der Waals surface area contributed by atoms with Crippen LogP contribution in [0.5, 0.6) is 0 Å². The summed E-state index contributed by atoms with van der Waals surface area (Å²) >= 11 is 12.4. The highest BCUT2D eigenvalue weighted by Crippen LogP contribution is 2.28. The molecule has 0 saturated carbocycles. The van der Waals surface area contributed by atoms with Gasteiger partial charge in [-0.25, -0.2) is 0 Å². The lowest BCUT2D eigenvalue weighted by atomic mass is 10.3. The molecule has 78 valence electrons. The van der Waals surface area contributed by atoms with E-state index in [9.17, 15) is 4.79 Å². The van der Waals surface area contributed by atoms with Gasteiger partial charge in [0.2, 0.25) is 0 Å². The number of rotatable bonds is 4. The molecular formula is C8H10Cl2N2OS. The second kappa shape index (κ2) is 5.53. The largest absolute Gasteiger partial charge is 0.351 e. The summed E-state index contributed by atoms with van der Waals surface area (Å²) < 4.78 is 3.78. The van der Waals surface area contributed by atoms with E-state index < -0.39 is 0 Å². The fourth-order valence-electron chi connectivity index (χ4n) is 0.860. The van der Waals surface area contributed by atoms with Gasteiger partial charge in [-0.3, -0.25) is 4.79 Å². The number of aromatic nitrogens is 1. The van der Waals surface area contributed by atoms with Crippen LogP contribution in [-0.2, 0) is 0 Å². The molecule has 1 rings (SSSR count). The Morgan fingerprint density at radius 3 is 2.79 bits per heavy atom. The van der Waals surface area contributed by atoms with Gasteiger partial charge in [-0.15, -0.1) is 0 Å². The molecule has 0 unspecified atom stereocenters. The summed E-state index contributed by atoms with van der Waals surface area (Å²) in [5, 5.41) is 3.18. The Hall–Kier alpha value is -0.320. The van der Waals surface area contributed by atoms with Crippen LogP contribution in [0.3, 0.4) is 0 Å². The van der Waals surface area contributed by atoms with Crippen molar-refractivity contribution in [2.45, 2.75) is 19.8 Å². The zero-order valence-electron chi connectivity index (χ0n) is 7.64. The van der Waals surface area contributed by atoms with Gasteiger partial charge in [-0.1, -0.05) is 36.5 Å². The SMILES string of the molecule is CCCCNC(=O)c1snc(Cl)c1Cl. The quantitative estimate of drug-likeness (QED) is 0.838. The zero-order chi connectivity index (χ0) is 10.6. The molecule has 1 aromatic rings. The Bertz CT molecular complexity index is 327. The van der Waals surface area contributed by atoms with Crippen molar-refractivity contribution in [3.05, 3.63) is 15.1 Å². The van der Waals surface area contributed by atoms with Crippen LogP contribution < -0.4 is 5.32 Å². The van der Waals surface area contributed by atoms with E-state index in [-0.39, 0.29) is 16.1 Å². The minimum atomic E-state index is -0.201. The van der Waals surface area contributed by atoms with Crippen molar-refractivity contribution in [3.8, 4) is 0 Å². The van der Waals surface area contributed by atoms with Crippen molar-refractivity contribution in [2.24, 2.45) is 0 Å². The third kappa shape index (κ3) is 2.83. The molecule has 0 aliphatic heterocycles. The summed E-state index contributed by atoms with van der Waals surface area (Å²) in [5.74, 6) is -0.201. The number of halogens is 2. The number of nitrogens with one attached hydrogen (secondary N) is 1. The van der Waals surface area contributed by atoms with E-state index in [1.807, 2.05) is 0 Å². The lowest BCUT2D eigenvalue weighted by Gasteiger charge is -2.01. The van der Waals surface area contributed by atoms with Crippen molar-refractivity contribution in [1.82, 2.24) is 9.69 Å². The van der Waals surface area contributed by atoms with Gasteiger partial charge in [0.15, 0.2) is 5.15 Å². The predicted octanol–water partition coefficient (Wildman–Crippen LogP) is 2.98. The molecule has 0 bridgehead atoms. The van der Waals surface area contributed by atoms with E-state index >= 15 is 0 Å². The number of amides is 1. The minimum absolute atomic E-state index is 0.192. The van der Waals surface area contributed by atoms with E-state index in [1.165, 1.54) is 0 Å². The zero-order valence-corrected chi connectivity index (χ0v) is 9.97. The molecule has 0 fully saturated rings. The molecule has 0 atom stereocenters. The Balaban J connectivity index is 2.56. The summed E-state index contributed by atoms with van der Waals surface area (Å²) in [7, 11) is 0. The Kier molecular flexibility index (Phi) is 4.65. The molecule has 14 heavy (non-hydrogen) atoms.